The second kappa shape index (κ2) is 4.87. The average molecular weight is 269 g/mol. The summed E-state index contributed by atoms with van der Waals surface area (Å²) in [7, 11) is 0.240. The van der Waals surface area contributed by atoms with Gasteiger partial charge in [0, 0.05) is 25.3 Å². The van der Waals surface area contributed by atoms with Gasteiger partial charge in [-0.15, -0.1) is 0 Å². The van der Waals surface area contributed by atoms with E-state index in [1.807, 2.05) is 7.05 Å². The number of anilines is 1. The summed E-state index contributed by atoms with van der Waals surface area (Å²) in [6.07, 6.45) is 0.876. The second-order valence-electron chi connectivity index (χ2n) is 4.80. The number of rotatable bonds is 3. The monoisotopic (exact) mass is 269 g/mol. The molecule has 2 N–H and O–H groups in total. The van der Waals surface area contributed by atoms with Crippen LogP contribution in [0.25, 0.3) is 0 Å². The first-order valence-corrected chi connectivity index (χ1v) is 7.37. The topological polar surface area (TPSA) is 66.6 Å². The Labute approximate surface area is 108 Å². The largest absolute Gasteiger partial charge is 0.399 e. The van der Waals surface area contributed by atoms with Crippen LogP contribution < -0.4 is 5.73 Å². The van der Waals surface area contributed by atoms with E-state index in [9.17, 15) is 8.42 Å². The molecule has 0 amide bonds. The van der Waals surface area contributed by atoms with E-state index in [1.54, 1.807) is 31.3 Å². The van der Waals surface area contributed by atoms with Crippen molar-refractivity contribution in [3.63, 3.8) is 0 Å². The van der Waals surface area contributed by atoms with Gasteiger partial charge in [0.15, 0.2) is 0 Å². The van der Waals surface area contributed by atoms with E-state index < -0.39 is 10.0 Å². The number of nitrogens with two attached hydrogens (primary N) is 1. The van der Waals surface area contributed by atoms with E-state index in [4.69, 9.17) is 5.73 Å². The number of likely N-dealkylation sites (tertiary alicyclic amines) is 1. The highest BCUT2D eigenvalue weighted by Gasteiger charge is 2.31. The summed E-state index contributed by atoms with van der Waals surface area (Å²) in [5.74, 6) is 0. The molecule has 1 fully saturated rings. The number of hydrogen-bond acceptors (Lipinski definition) is 4. The summed E-state index contributed by atoms with van der Waals surface area (Å²) in [6.45, 7) is 1.72. The summed E-state index contributed by atoms with van der Waals surface area (Å²) in [5.41, 5.74) is 6.14. The lowest BCUT2D eigenvalue weighted by Gasteiger charge is -2.23. The molecular weight excluding hydrogens is 250 g/mol. The second-order valence-corrected chi connectivity index (χ2v) is 6.79. The number of sulfonamides is 1. The molecule has 18 heavy (non-hydrogen) atoms. The SMILES string of the molecule is CN1CCC(N(C)S(=O)(=O)c2ccc(N)cc2)C1. The molecule has 1 unspecified atom stereocenters. The van der Waals surface area contributed by atoms with Crippen LogP contribution in [0.3, 0.4) is 0 Å². The molecule has 0 bridgehead atoms. The first-order chi connectivity index (χ1) is 8.41. The predicted molar refractivity (Wildman–Crippen MR) is 71.7 cm³/mol. The number of likely N-dealkylation sites (N-methyl/N-ethyl adjacent to an activating group) is 2. The molecule has 1 aromatic rings. The molecule has 0 aliphatic carbocycles. The van der Waals surface area contributed by atoms with Crippen LogP contribution >= 0.6 is 0 Å². The zero-order valence-corrected chi connectivity index (χ0v) is 11.5. The molecule has 1 aliphatic rings. The smallest absolute Gasteiger partial charge is 0.243 e. The van der Waals surface area contributed by atoms with Crippen LogP contribution in [0.4, 0.5) is 5.69 Å². The molecular formula is C12H19N3O2S. The molecule has 0 saturated carbocycles. The summed E-state index contributed by atoms with van der Waals surface area (Å²) < 4.78 is 26.3. The molecule has 1 aliphatic heterocycles. The molecule has 100 valence electrons. The van der Waals surface area contributed by atoms with Crippen LogP contribution in [0, 0.1) is 0 Å². The van der Waals surface area contributed by atoms with Crippen molar-refractivity contribution >= 4 is 15.7 Å². The van der Waals surface area contributed by atoms with Gasteiger partial charge in [0.2, 0.25) is 10.0 Å². The van der Waals surface area contributed by atoms with Crippen LogP contribution in [0.15, 0.2) is 29.2 Å². The quantitative estimate of drug-likeness (QED) is 0.816. The Hall–Kier alpha value is -1.11. The van der Waals surface area contributed by atoms with Gasteiger partial charge in [-0.25, -0.2) is 8.42 Å². The lowest BCUT2D eigenvalue weighted by Crippen LogP contribution is -2.38. The fourth-order valence-corrected chi connectivity index (χ4v) is 3.59. The molecule has 5 nitrogen and oxygen atoms in total. The van der Waals surface area contributed by atoms with Crippen LogP contribution in [-0.4, -0.2) is 50.8 Å². The van der Waals surface area contributed by atoms with Crippen molar-refractivity contribution in [2.45, 2.75) is 17.4 Å². The molecule has 1 saturated heterocycles. The number of benzene rings is 1. The third-order valence-electron chi connectivity index (χ3n) is 3.44. The van der Waals surface area contributed by atoms with Gasteiger partial charge in [0.05, 0.1) is 4.90 Å². The van der Waals surface area contributed by atoms with Gasteiger partial charge in [-0.3, -0.25) is 0 Å². The van der Waals surface area contributed by atoms with Crippen LogP contribution in [-0.2, 0) is 10.0 Å². The Morgan fingerprint density at radius 2 is 1.94 bits per heavy atom. The lowest BCUT2D eigenvalue weighted by atomic mass is 10.3. The van der Waals surface area contributed by atoms with Crippen molar-refractivity contribution < 1.29 is 8.42 Å². The third-order valence-corrected chi connectivity index (χ3v) is 5.36. The molecule has 1 atom stereocenters. The molecule has 0 aromatic heterocycles. The minimum Gasteiger partial charge on any atom is -0.399 e. The lowest BCUT2D eigenvalue weighted by molar-refractivity contribution is 0.345. The Bertz CT molecular complexity index is 513. The maximum atomic E-state index is 12.4. The van der Waals surface area contributed by atoms with Gasteiger partial charge in [0.25, 0.3) is 0 Å². The Morgan fingerprint density at radius 3 is 2.44 bits per heavy atom. The van der Waals surface area contributed by atoms with Crippen LogP contribution in [0.2, 0.25) is 0 Å². The normalized spacial score (nSPS) is 21.6. The first-order valence-electron chi connectivity index (χ1n) is 5.93. The van der Waals surface area contributed by atoms with E-state index in [0.29, 0.717) is 10.6 Å². The van der Waals surface area contributed by atoms with E-state index in [1.165, 1.54) is 4.31 Å². The third kappa shape index (κ3) is 2.50. The van der Waals surface area contributed by atoms with Crippen molar-refractivity contribution in [2.75, 3.05) is 32.9 Å². The van der Waals surface area contributed by atoms with Crippen molar-refractivity contribution in [3.8, 4) is 0 Å². The predicted octanol–water partition coefficient (Wildman–Crippen LogP) is 0.593. The zero-order valence-electron chi connectivity index (χ0n) is 10.7. The Balaban J connectivity index is 2.23. The van der Waals surface area contributed by atoms with Gasteiger partial charge >= 0.3 is 0 Å². The highest BCUT2D eigenvalue weighted by Crippen LogP contribution is 2.22. The van der Waals surface area contributed by atoms with Gasteiger partial charge in [-0.05, 0) is 44.3 Å². The fraction of sp³-hybridized carbons (Fsp3) is 0.500. The van der Waals surface area contributed by atoms with Gasteiger partial charge < -0.3 is 10.6 Å². The summed E-state index contributed by atoms with van der Waals surface area (Å²) in [4.78, 5) is 2.44. The maximum Gasteiger partial charge on any atom is 0.243 e. The Morgan fingerprint density at radius 1 is 1.33 bits per heavy atom. The molecule has 1 aromatic carbocycles. The zero-order chi connectivity index (χ0) is 13.3. The van der Waals surface area contributed by atoms with Crippen LogP contribution in [0.1, 0.15) is 6.42 Å². The van der Waals surface area contributed by atoms with Crippen molar-refractivity contribution in [1.29, 1.82) is 0 Å². The molecule has 6 heteroatoms. The Kier molecular flexibility index (Phi) is 3.61. The van der Waals surface area contributed by atoms with E-state index >= 15 is 0 Å². The number of hydrogen-bond donors (Lipinski definition) is 1. The van der Waals surface area contributed by atoms with Gasteiger partial charge in [-0.1, -0.05) is 0 Å². The van der Waals surface area contributed by atoms with E-state index in [2.05, 4.69) is 4.90 Å². The number of nitrogens with zero attached hydrogens (tertiary/aromatic N) is 2. The molecule has 2 rings (SSSR count). The molecule has 1 heterocycles. The van der Waals surface area contributed by atoms with Crippen LogP contribution in [0.5, 0.6) is 0 Å². The first kappa shape index (κ1) is 13.3. The van der Waals surface area contributed by atoms with E-state index in [-0.39, 0.29) is 6.04 Å². The summed E-state index contributed by atoms with van der Waals surface area (Å²) in [6, 6.07) is 6.39. The average Bonchev–Trinajstić information content (AvgIpc) is 2.75. The summed E-state index contributed by atoms with van der Waals surface area (Å²) >= 11 is 0. The molecule has 0 spiro atoms. The maximum absolute atomic E-state index is 12.4. The summed E-state index contributed by atoms with van der Waals surface area (Å²) in [5, 5.41) is 0. The van der Waals surface area contributed by atoms with Gasteiger partial charge in [0.1, 0.15) is 0 Å². The minimum atomic E-state index is -3.41. The number of nitrogen functional groups attached to an aromatic ring is 1. The highest BCUT2D eigenvalue weighted by molar-refractivity contribution is 7.89. The highest BCUT2D eigenvalue weighted by atomic mass is 32.2. The fourth-order valence-electron chi connectivity index (χ4n) is 2.21. The molecule has 0 radical (unpaired) electrons. The van der Waals surface area contributed by atoms with Crippen molar-refractivity contribution in [2.24, 2.45) is 0 Å². The standard InChI is InChI=1S/C12H19N3O2S/c1-14-8-7-11(9-14)15(2)18(16,17)12-5-3-10(13)4-6-12/h3-6,11H,7-9,13H2,1-2H3. The van der Waals surface area contributed by atoms with Crippen molar-refractivity contribution in [1.82, 2.24) is 9.21 Å². The van der Waals surface area contributed by atoms with Crippen molar-refractivity contribution in [3.05, 3.63) is 24.3 Å². The van der Waals surface area contributed by atoms with Gasteiger partial charge in [-0.2, -0.15) is 4.31 Å². The van der Waals surface area contributed by atoms with E-state index in [0.717, 1.165) is 19.5 Å². The minimum absolute atomic E-state index is 0.0533.